The second-order valence-corrected chi connectivity index (χ2v) is 4.92. The summed E-state index contributed by atoms with van der Waals surface area (Å²) in [5.41, 5.74) is 0.741. The van der Waals surface area contributed by atoms with Crippen molar-refractivity contribution in [3.8, 4) is 5.69 Å². The third-order valence-corrected chi connectivity index (χ3v) is 2.75. The van der Waals surface area contributed by atoms with Crippen LogP contribution in [0.4, 0.5) is 0 Å². The molecule has 1 heterocycles. The van der Waals surface area contributed by atoms with Crippen molar-refractivity contribution in [2.75, 3.05) is 6.61 Å². The van der Waals surface area contributed by atoms with Gasteiger partial charge in [-0.15, -0.1) is 0 Å². The Morgan fingerprint density at radius 3 is 2.55 bits per heavy atom. The molecule has 0 radical (unpaired) electrons. The molecule has 0 N–H and O–H groups in total. The molecular weight excluding hydrogens is 254 g/mol. The summed E-state index contributed by atoms with van der Waals surface area (Å²) in [4.78, 5) is 24.0. The number of nitrogens with zero attached hydrogens (tertiary/aromatic N) is 1. The third kappa shape index (κ3) is 3.15. The number of carbonyl (C=O) groups excluding carboxylic acids is 1. The molecule has 1 aromatic carbocycles. The lowest BCUT2D eigenvalue weighted by Crippen LogP contribution is -2.19. The van der Waals surface area contributed by atoms with Crippen molar-refractivity contribution in [1.29, 1.82) is 0 Å². The fourth-order valence-electron chi connectivity index (χ4n) is 1.80. The molecule has 0 fully saturated rings. The number of hydrogen-bond acceptors (Lipinski definition) is 3. The summed E-state index contributed by atoms with van der Waals surface area (Å²) in [7, 11) is 0. The minimum atomic E-state index is -0.412. The van der Waals surface area contributed by atoms with Gasteiger partial charge in [0.25, 0.3) is 5.56 Å². The SMILES string of the molecule is CC(C)COC(=O)c1ccccc1-n1ccccc1=O. The average molecular weight is 271 g/mol. The maximum Gasteiger partial charge on any atom is 0.340 e. The van der Waals surface area contributed by atoms with Gasteiger partial charge < -0.3 is 4.74 Å². The van der Waals surface area contributed by atoms with Crippen LogP contribution in [0.2, 0.25) is 0 Å². The summed E-state index contributed by atoms with van der Waals surface area (Å²) in [5, 5.41) is 0. The van der Waals surface area contributed by atoms with Crippen molar-refractivity contribution in [2.24, 2.45) is 5.92 Å². The molecule has 1 aromatic heterocycles. The van der Waals surface area contributed by atoms with Crippen molar-refractivity contribution in [2.45, 2.75) is 13.8 Å². The first-order chi connectivity index (χ1) is 9.59. The minimum absolute atomic E-state index is 0.184. The molecule has 0 bridgehead atoms. The van der Waals surface area contributed by atoms with Crippen LogP contribution in [0.25, 0.3) is 5.69 Å². The minimum Gasteiger partial charge on any atom is -0.462 e. The van der Waals surface area contributed by atoms with Crippen molar-refractivity contribution in [1.82, 2.24) is 4.57 Å². The highest BCUT2D eigenvalue weighted by atomic mass is 16.5. The van der Waals surface area contributed by atoms with Gasteiger partial charge in [-0.1, -0.05) is 32.0 Å². The maximum atomic E-state index is 12.1. The van der Waals surface area contributed by atoms with Crippen LogP contribution in [0.15, 0.2) is 53.5 Å². The Morgan fingerprint density at radius 1 is 1.15 bits per heavy atom. The van der Waals surface area contributed by atoms with Gasteiger partial charge in [0.2, 0.25) is 0 Å². The molecule has 0 amide bonds. The Kier molecular flexibility index (Phi) is 4.35. The summed E-state index contributed by atoms with van der Waals surface area (Å²) in [6, 6.07) is 11.8. The zero-order valence-corrected chi connectivity index (χ0v) is 11.6. The van der Waals surface area contributed by atoms with Crippen molar-refractivity contribution in [3.05, 3.63) is 64.6 Å². The number of carbonyl (C=O) groups is 1. The van der Waals surface area contributed by atoms with E-state index in [1.165, 1.54) is 10.6 Å². The third-order valence-electron chi connectivity index (χ3n) is 2.75. The van der Waals surface area contributed by atoms with E-state index >= 15 is 0 Å². The van der Waals surface area contributed by atoms with E-state index in [2.05, 4.69) is 0 Å². The van der Waals surface area contributed by atoms with E-state index in [-0.39, 0.29) is 11.5 Å². The van der Waals surface area contributed by atoms with Gasteiger partial charge in [0, 0.05) is 12.3 Å². The van der Waals surface area contributed by atoms with Gasteiger partial charge in [-0.25, -0.2) is 4.79 Å². The first-order valence-electron chi connectivity index (χ1n) is 6.54. The molecule has 0 spiro atoms. The first-order valence-corrected chi connectivity index (χ1v) is 6.54. The summed E-state index contributed by atoms with van der Waals surface area (Å²) < 4.78 is 6.67. The van der Waals surface area contributed by atoms with Gasteiger partial charge >= 0.3 is 5.97 Å². The smallest absolute Gasteiger partial charge is 0.340 e. The molecule has 4 heteroatoms. The van der Waals surface area contributed by atoms with Gasteiger partial charge in [-0.3, -0.25) is 9.36 Å². The van der Waals surface area contributed by atoms with E-state index in [1.54, 1.807) is 42.6 Å². The molecule has 0 atom stereocenters. The Labute approximate surface area is 117 Å². The number of benzene rings is 1. The molecule has 104 valence electrons. The molecule has 0 unspecified atom stereocenters. The van der Waals surface area contributed by atoms with Crippen molar-refractivity contribution < 1.29 is 9.53 Å². The molecule has 0 saturated heterocycles. The van der Waals surface area contributed by atoms with E-state index in [0.29, 0.717) is 17.9 Å². The second-order valence-electron chi connectivity index (χ2n) is 4.92. The molecule has 2 aromatic rings. The second kappa shape index (κ2) is 6.19. The Bertz CT molecular complexity index is 659. The Balaban J connectivity index is 2.39. The van der Waals surface area contributed by atoms with Gasteiger partial charge in [0.05, 0.1) is 17.9 Å². The molecular formula is C16H17NO3. The maximum absolute atomic E-state index is 12.1. The van der Waals surface area contributed by atoms with Crippen LogP contribution in [0, 0.1) is 5.92 Å². The predicted molar refractivity (Wildman–Crippen MR) is 77.2 cm³/mol. The standard InChI is InChI=1S/C16H17NO3/c1-12(2)11-20-16(19)13-7-3-4-8-14(13)17-10-6-5-9-15(17)18/h3-10,12H,11H2,1-2H3. The number of pyridine rings is 1. The molecule has 0 aliphatic carbocycles. The number of aromatic nitrogens is 1. The molecule has 20 heavy (non-hydrogen) atoms. The molecule has 4 nitrogen and oxygen atoms in total. The Morgan fingerprint density at radius 2 is 1.85 bits per heavy atom. The number of esters is 1. The molecule has 0 aliphatic rings. The van der Waals surface area contributed by atoms with Crippen LogP contribution < -0.4 is 5.56 Å². The zero-order valence-electron chi connectivity index (χ0n) is 11.6. The van der Waals surface area contributed by atoms with Gasteiger partial charge in [-0.05, 0) is 24.1 Å². The highest BCUT2D eigenvalue weighted by Crippen LogP contribution is 2.14. The van der Waals surface area contributed by atoms with Crippen LogP contribution in [-0.2, 0) is 4.74 Å². The fourth-order valence-corrected chi connectivity index (χ4v) is 1.80. The number of para-hydroxylation sites is 1. The van der Waals surface area contributed by atoms with Crippen LogP contribution in [-0.4, -0.2) is 17.1 Å². The normalized spacial score (nSPS) is 10.6. The van der Waals surface area contributed by atoms with Gasteiger partial charge in [-0.2, -0.15) is 0 Å². The Hall–Kier alpha value is -2.36. The summed E-state index contributed by atoms with van der Waals surface area (Å²) >= 11 is 0. The quantitative estimate of drug-likeness (QED) is 0.803. The summed E-state index contributed by atoms with van der Waals surface area (Å²) in [6.07, 6.45) is 1.64. The van der Waals surface area contributed by atoms with Crippen LogP contribution in [0.3, 0.4) is 0 Å². The van der Waals surface area contributed by atoms with E-state index in [1.807, 2.05) is 13.8 Å². The number of hydrogen-bond donors (Lipinski definition) is 0. The highest BCUT2D eigenvalue weighted by molar-refractivity contribution is 5.93. The van der Waals surface area contributed by atoms with E-state index in [4.69, 9.17) is 4.74 Å². The lowest BCUT2D eigenvalue weighted by molar-refractivity contribution is 0.0459. The summed E-state index contributed by atoms with van der Waals surface area (Å²) in [5.74, 6) is -0.143. The van der Waals surface area contributed by atoms with Gasteiger partial charge in [0.1, 0.15) is 0 Å². The predicted octanol–water partition coefficient (Wildman–Crippen LogP) is 2.65. The summed E-state index contributed by atoms with van der Waals surface area (Å²) in [6.45, 7) is 4.30. The average Bonchev–Trinajstić information content (AvgIpc) is 2.45. The molecule has 2 rings (SSSR count). The van der Waals surface area contributed by atoms with E-state index in [0.717, 1.165) is 0 Å². The van der Waals surface area contributed by atoms with E-state index in [9.17, 15) is 9.59 Å². The van der Waals surface area contributed by atoms with Crippen molar-refractivity contribution >= 4 is 5.97 Å². The van der Waals surface area contributed by atoms with Crippen LogP contribution in [0.1, 0.15) is 24.2 Å². The topological polar surface area (TPSA) is 48.3 Å². The van der Waals surface area contributed by atoms with E-state index < -0.39 is 5.97 Å². The lowest BCUT2D eigenvalue weighted by Gasteiger charge is -2.12. The van der Waals surface area contributed by atoms with Crippen LogP contribution >= 0.6 is 0 Å². The van der Waals surface area contributed by atoms with Crippen molar-refractivity contribution in [3.63, 3.8) is 0 Å². The zero-order chi connectivity index (χ0) is 14.5. The number of ether oxygens (including phenoxy) is 1. The first kappa shape index (κ1) is 14.1. The van der Waals surface area contributed by atoms with Crippen LogP contribution in [0.5, 0.6) is 0 Å². The largest absolute Gasteiger partial charge is 0.462 e. The lowest BCUT2D eigenvalue weighted by atomic mass is 10.1. The highest BCUT2D eigenvalue weighted by Gasteiger charge is 2.14. The molecule has 0 saturated carbocycles. The monoisotopic (exact) mass is 271 g/mol. The number of rotatable bonds is 4. The van der Waals surface area contributed by atoms with Gasteiger partial charge in [0.15, 0.2) is 0 Å². The fraction of sp³-hybridized carbons (Fsp3) is 0.250. The molecule has 0 aliphatic heterocycles.